The molecular formula is C21H18Cl3FSi. The van der Waals surface area contributed by atoms with Crippen LogP contribution in [0, 0.1) is 0 Å². The van der Waals surface area contributed by atoms with Crippen molar-refractivity contribution in [3.8, 4) is 0 Å². The fourth-order valence-corrected chi connectivity index (χ4v) is 8.08. The molecule has 0 atom stereocenters. The van der Waals surface area contributed by atoms with E-state index in [1.165, 1.54) is 0 Å². The van der Waals surface area contributed by atoms with Crippen LogP contribution in [-0.2, 0) is 17.6 Å². The third kappa shape index (κ3) is 3.44. The summed E-state index contributed by atoms with van der Waals surface area (Å²) >= 11 is 18.5. The van der Waals surface area contributed by atoms with E-state index in [2.05, 4.69) is 0 Å². The molecule has 3 aromatic rings. The first-order valence-electron chi connectivity index (χ1n) is 8.28. The molecule has 5 heteroatoms. The molecule has 3 rings (SSSR count). The van der Waals surface area contributed by atoms with Crippen LogP contribution in [0.15, 0.2) is 72.8 Å². The zero-order valence-electron chi connectivity index (χ0n) is 14.1. The second kappa shape index (κ2) is 8.58. The largest absolute Gasteiger partial charge is 0.340 e. The van der Waals surface area contributed by atoms with Crippen molar-refractivity contribution < 1.29 is 4.11 Å². The van der Waals surface area contributed by atoms with Crippen LogP contribution in [0.1, 0.15) is 16.7 Å². The summed E-state index contributed by atoms with van der Waals surface area (Å²) in [5.41, 5.74) is 2.41. The summed E-state index contributed by atoms with van der Waals surface area (Å²) in [7, 11) is -3.83. The Kier molecular flexibility index (Phi) is 6.41. The highest BCUT2D eigenvalue weighted by atomic mass is 35.5. The zero-order chi connectivity index (χ0) is 18.6. The third-order valence-corrected chi connectivity index (χ3v) is 9.15. The summed E-state index contributed by atoms with van der Waals surface area (Å²) in [5, 5.41) is 1.97. The van der Waals surface area contributed by atoms with Gasteiger partial charge in [0.05, 0.1) is 0 Å². The summed E-state index contributed by atoms with van der Waals surface area (Å²) in [4.78, 5) is 0. The first-order chi connectivity index (χ1) is 12.7. The molecule has 0 saturated heterocycles. The summed E-state index contributed by atoms with van der Waals surface area (Å²) in [6.45, 7) is 0. The molecule has 0 heterocycles. The topological polar surface area (TPSA) is 0 Å². The van der Waals surface area contributed by atoms with Crippen molar-refractivity contribution in [1.29, 1.82) is 0 Å². The molecule has 0 nitrogen and oxygen atoms in total. The molecule has 0 spiro atoms. The summed E-state index contributed by atoms with van der Waals surface area (Å²) in [6, 6.07) is 22.4. The first kappa shape index (κ1) is 19.4. The molecule has 0 aliphatic heterocycles. The number of alkyl halides is 3. The molecule has 134 valence electrons. The van der Waals surface area contributed by atoms with Crippen LogP contribution in [-0.4, -0.2) is 8.41 Å². The van der Waals surface area contributed by atoms with Gasteiger partial charge in [-0.3, -0.25) is 4.11 Å². The highest BCUT2D eigenvalue weighted by Crippen LogP contribution is 2.18. The number of hydrogen-bond acceptors (Lipinski definition) is 0. The molecule has 0 aromatic heterocycles. The van der Waals surface area contributed by atoms with Crippen LogP contribution < -0.4 is 15.6 Å². The van der Waals surface area contributed by atoms with Crippen LogP contribution in [0.3, 0.4) is 0 Å². The normalized spacial score (nSPS) is 11.5. The minimum absolute atomic E-state index is 0.251. The molecule has 0 amide bonds. The Morgan fingerprint density at radius 1 is 0.538 bits per heavy atom. The van der Waals surface area contributed by atoms with Crippen LogP contribution in [0.2, 0.25) is 0 Å². The quantitative estimate of drug-likeness (QED) is 0.230. The second-order valence-electron chi connectivity index (χ2n) is 6.03. The Hall–Kier alpha value is -1.32. The van der Waals surface area contributed by atoms with Crippen LogP contribution in [0.25, 0.3) is 0 Å². The van der Waals surface area contributed by atoms with Crippen molar-refractivity contribution in [2.75, 3.05) is 0 Å². The summed E-state index contributed by atoms with van der Waals surface area (Å²) in [6.07, 6.45) is 0. The van der Waals surface area contributed by atoms with Crippen molar-refractivity contribution in [2.24, 2.45) is 0 Å². The van der Waals surface area contributed by atoms with E-state index in [1.54, 1.807) is 0 Å². The van der Waals surface area contributed by atoms with Gasteiger partial charge in [-0.15, -0.1) is 34.8 Å². The maximum absolute atomic E-state index is 17.3. The highest BCUT2D eigenvalue weighted by molar-refractivity contribution is 7.07. The van der Waals surface area contributed by atoms with Gasteiger partial charge in [-0.2, -0.15) is 0 Å². The van der Waals surface area contributed by atoms with Gasteiger partial charge in [0.25, 0.3) is 0 Å². The van der Waals surface area contributed by atoms with E-state index in [-0.39, 0.29) is 17.6 Å². The Balaban J connectivity index is 2.40. The lowest BCUT2D eigenvalue weighted by molar-refractivity contribution is 0.839. The Labute approximate surface area is 169 Å². The van der Waals surface area contributed by atoms with E-state index in [0.717, 1.165) is 16.7 Å². The Morgan fingerprint density at radius 3 is 1.08 bits per heavy atom. The van der Waals surface area contributed by atoms with Gasteiger partial charge in [-0.05, 0) is 32.3 Å². The maximum atomic E-state index is 17.3. The minimum Gasteiger partial charge on any atom is -0.296 e. The van der Waals surface area contributed by atoms with E-state index >= 15 is 4.11 Å². The van der Waals surface area contributed by atoms with Gasteiger partial charge in [-0.1, -0.05) is 72.8 Å². The van der Waals surface area contributed by atoms with E-state index in [0.29, 0.717) is 15.6 Å². The molecule has 0 bridgehead atoms. The lowest BCUT2D eigenvalue weighted by Crippen LogP contribution is -2.66. The van der Waals surface area contributed by atoms with Crippen molar-refractivity contribution in [2.45, 2.75) is 17.6 Å². The van der Waals surface area contributed by atoms with Gasteiger partial charge in [-0.25, -0.2) is 0 Å². The molecule has 0 radical (unpaired) electrons. The summed E-state index contributed by atoms with van der Waals surface area (Å²) < 4.78 is 17.3. The average Bonchev–Trinajstić information content (AvgIpc) is 2.73. The molecule has 0 aliphatic rings. The lowest BCUT2D eigenvalue weighted by atomic mass is 10.2. The van der Waals surface area contributed by atoms with Crippen molar-refractivity contribution in [1.82, 2.24) is 0 Å². The first-order valence-corrected chi connectivity index (χ1v) is 11.8. The van der Waals surface area contributed by atoms with Crippen molar-refractivity contribution in [3.63, 3.8) is 0 Å². The SMILES string of the molecule is F[Si](c1ccccc1CCl)(c1ccccc1CCl)c1ccccc1CCl. The second-order valence-corrected chi connectivity index (χ2v) is 9.77. The van der Waals surface area contributed by atoms with Crippen LogP contribution in [0.5, 0.6) is 0 Å². The molecule has 0 unspecified atom stereocenters. The number of halogens is 4. The van der Waals surface area contributed by atoms with E-state index < -0.39 is 8.41 Å². The number of rotatable bonds is 6. The smallest absolute Gasteiger partial charge is 0.296 e. The fraction of sp³-hybridized carbons (Fsp3) is 0.143. The zero-order valence-corrected chi connectivity index (χ0v) is 17.3. The van der Waals surface area contributed by atoms with Crippen LogP contribution in [0.4, 0.5) is 4.11 Å². The van der Waals surface area contributed by atoms with Gasteiger partial charge in [0.1, 0.15) is 0 Å². The Morgan fingerprint density at radius 2 is 0.808 bits per heavy atom. The molecule has 3 aromatic carbocycles. The Bertz CT molecular complexity index is 782. The van der Waals surface area contributed by atoms with Crippen LogP contribution >= 0.6 is 34.8 Å². The maximum Gasteiger partial charge on any atom is 0.340 e. The standard InChI is InChI=1S/C21H18Cl3FSi/c22-13-16-7-1-4-10-19(16)26(25,20-11-5-2-8-17(20)14-23)21-12-6-3-9-18(21)15-24/h1-12H,13-15H2. The van der Waals surface area contributed by atoms with Gasteiger partial charge < -0.3 is 0 Å². The molecule has 0 saturated carbocycles. The van der Waals surface area contributed by atoms with E-state index in [4.69, 9.17) is 34.8 Å². The molecule has 0 N–H and O–H groups in total. The van der Waals surface area contributed by atoms with Gasteiger partial charge in [0.2, 0.25) is 0 Å². The predicted octanol–water partition coefficient (Wildman–Crippen LogP) is 4.84. The average molecular weight is 424 g/mol. The monoisotopic (exact) mass is 422 g/mol. The van der Waals surface area contributed by atoms with Gasteiger partial charge in [0, 0.05) is 17.6 Å². The summed E-state index contributed by atoms with van der Waals surface area (Å²) in [5.74, 6) is 0.753. The van der Waals surface area contributed by atoms with Gasteiger partial charge in [0.15, 0.2) is 0 Å². The predicted molar refractivity (Wildman–Crippen MR) is 114 cm³/mol. The van der Waals surface area contributed by atoms with Crippen molar-refractivity contribution in [3.05, 3.63) is 89.5 Å². The molecule has 0 fully saturated rings. The van der Waals surface area contributed by atoms with E-state index in [9.17, 15) is 0 Å². The van der Waals surface area contributed by atoms with Gasteiger partial charge >= 0.3 is 8.41 Å². The lowest BCUT2D eigenvalue weighted by Gasteiger charge is -2.29. The highest BCUT2D eigenvalue weighted by Gasteiger charge is 2.45. The number of hydrogen-bond donors (Lipinski definition) is 0. The van der Waals surface area contributed by atoms with E-state index in [1.807, 2.05) is 72.8 Å². The minimum atomic E-state index is -3.83. The third-order valence-electron chi connectivity index (χ3n) is 4.60. The molecule has 0 aliphatic carbocycles. The molecule has 26 heavy (non-hydrogen) atoms. The fourth-order valence-electron chi connectivity index (χ4n) is 3.35. The van der Waals surface area contributed by atoms with Crippen molar-refractivity contribution >= 4 is 58.8 Å². The molecular weight excluding hydrogens is 406 g/mol. The number of benzene rings is 3.